The minimum absolute atomic E-state index is 0. The molecular weight excluding hydrogens is 304 g/mol. The highest BCUT2D eigenvalue weighted by Gasteiger charge is 1.99. The topological polar surface area (TPSA) is 212 Å². The van der Waals surface area contributed by atoms with E-state index in [2.05, 4.69) is 0 Å². The van der Waals surface area contributed by atoms with Crippen molar-refractivity contribution in [1.82, 2.24) is 0 Å². The van der Waals surface area contributed by atoms with Gasteiger partial charge >= 0.3 is 23.9 Å². The molecule has 10 heteroatoms. The number of hydrogen-bond donors (Lipinski definition) is 4. The number of hydrogen-bond acceptors (Lipinski definition) is 4. The van der Waals surface area contributed by atoms with E-state index in [1.807, 2.05) is 0 Å². The zero-order valence-corrected chi connectivity index (χ0v) is 12.1. The molecule has 0 aliphatic rings. The molecule has 0 bridgehead atoms. The normalized spacial score (nSPS) is 8.36. The van der Waals surface area contributed by atoms with E-state index < -0.39 is 23.9 Å². The Bertz CT molecular complexity index is 262. The van der Waals surface area contributed by atoms with Crippen LogP contribution >= 0.6 is 0 Å². The van der Waals surface area contributed by atoms with Crippen LogP contribution in [-0.4, -0.2) is 55.3 Å². The molecule has 8 N–H and O–H groups in total. The largest absolute Gasteiger partial charge is 0.481 e. The monoisotopic (exact) mass is 328 g/mol. The summed E-state index contributed by atoms with van der Waals surface area (Å²) in [5.41, 5.74) is 0. The Labute approximate surface area is 127 Å². The highest BCUT2D eigenvalue weighted by Crippen LogP contribution is 1.99. The summed E-state index contributed by atoms with van der Waals surface area (Å²) in [6.07, 6.45) is 2.04. The first kappa shape index (κ1) is 28.0. The Morgan fingerprint density at radius 1 is 0.455 bits per heavy atom. The fraction of sp³-hybridized carbons (Fsp3) is 0.667. The van der Waals surface area contributed by atoms with Crippen molar-refractivity contribution in [2.45, 2.75) is 51.4 Å². The second-order valence-electron chi connectivity index (χ2n) is 3.99. The van der Waals surface area contributed by atoms with Crippen LogP contribution in [0.2, 0.25) is 0 Å². The van der Waals surface area contributed by atoms with Crippen LogP contribution in [0.5, 0.6) is 0 Å². The first-order valence-electron chi connectivity index (χ1n) is 6.13. The van der Waals surface area contributed by atoms with Gasteiger partial charge in [-0.05, 0) is 25.7 Å². The lowest BCUT2D eigenvalue weighted by Gasteiger charge is -1.92. The number of carboxylic acid groups (broad SMARTS) is 4. The van der Waals surface area contributed by atoms with Crippen LogP contribution < -0.4 is 0 Å². The molecule has 10 nitrogen and oxygen atoms in total. The molecule has 0 aromatic carbocycles. The van der Waals surface area contributed by atoms with E-state index in [1.165, 1.54) is 0 Å². The van der Waals surface area contributed by atoms with Crippen molar-refractivity contribution in [3.05, 3.63) is 0 Å². The predicted octanol–water partition coefficient (Wildman–Crippen LogP) is -0.217. The minimum atomic E-state index is -0.870. The summed E-state index contributed by atoms with van der Waals surface area (Å²) in [5.74, 6) is -3.48. The molecule has 0 rings (SSSR count). The second-order valence-corrected chi connectivity index (χ2v) is 3.99. The SMILES string of the molecule is O.O.O=C(O)CCCCC(=O)O.O=C(O)CCCCC(=O)O. The molecule has 0 saturated carbocycles. The maximum absolute atomic E-state index is 9.90. The van der Waals surface area contributed by atoms with E-state index in [1.54, 1.807) is 0 Å². The second kappa shape index (κ2) is 18.8. The van der Waals surface area contributed by atoms with Crippen molar-refractivity contribution >= 4 is 23.9 Å². The molecule has 0 aromatic rings. The van der Waals surface area contributed by atoms with Crippen LogP contribution in [0.15, 0.2) is 0 Å². The first-order chi connectivity index (χ1) is 9.25. The average molecular weight is 328 g/mol. The molecule has 0 atom stereocenters. The Morgan fingerprint density at radius 2 is 0.591 bits per heavy atom. The number of carbonyl (C=O) groups is 4. The third-order valence-electron chi connectivity index (χ3n) is 2.06. The van der Waals surface area contributed by atoms with Gasteiger partial charge in [0.2, 0.25) is 0 Å². The molecule has 0 amide bonds. The molecule has 0 aromatic heterocycles. The number of unbranched alkanes of at least 4 members (excludes halogenated alkanes) is 2. The zero-order chi connectivity index (χ0) is 16.0. The summed E-state index contributed by atoms with van der Waals surface area (Å²) >= 11 is 0. The van der Waals surface area contributed by atoms with Gasteiger partial charge in [0.15, 0.2) is 0 Å². The number of rotatable bonds is 10. The van der Waals surface area contributed by atoms with E-state index in [0.29, 0.717) is 25.7 Å². The third-order valence-corrected chi connectivity index (χ3v) is 2.06. The van der Waals surface area contributed by atoms with Gasteiger partial charge in [0.05, 0.1) is 0 Å². The van der Waals surface area contributed by atoms with Gasteiger partial charge in [-0.2, -0.15) is 0 Å². The van der Waals surface area contributed by atoms with Crippen molar-refractivity contribution in [3.63, 3.8) is 0 Å². The van der Waals surface area contributed by atoms with Crippen LogP contribution in [0.4, 0.5) is 0 Å². The molecule has 22 heavy (non-hydrogen) atoms. The number of carboxylic acids is 4. The Balaban J connectivity index is -0.000000135. The van der Waals surface area contributed by atoms with Crippen LogP contribution in [0.1, 0.15) is 51.4 Å². The van der Waals surface area contributed by atoms with E-state index in [-0.39, 0.29) is 36.6 Å². The Kier molecular flexibility index (Phi) is 24.0. The predicted molar refractivity (Wildman–Crippen MR) is 74.7 cm³/mol. The molecule has 0 heterocycles. The Morgan fingerprint density at radius 3 is 0.682 bits per heavy atom. The van der Waals surface area contributed by atoms with Gasteiger partial charge in [-0.15, -0.1) is 0 Å². The van der Waals surface area contributed by atoms with Crippen LogP contribution in [0.25, 0.3) is 0 Å². The van der Waals surface area contributed by atoms with Crippen molar-refractivity contribution in [1.29, 1.82) is 0 Å². The zero-order valence-electron chi connectivity index (χ0n) is 12.1. The van der Waals surface area contributed by atoms with Crippen molar-refractivity contribution in [3.8, 4) is 0 Å². The van der Waals surface area contributed by atoms with Gasteiger partial charge in [-0.25, -0.2) is 0 Å². The van der Waals surface area contributed by atoms with Crippen LogP contribution in [0, 0.1) is 0 Å². The first-order valence-corrected chi connectivity index (χ1v) is 6.13. The molecule has 0 aliphatic heterocycles. The molecule has 0 radical (unpaired) electrons. The van der Waals surface area contributed by atoms with Gasteiger partial charge in [-0.3, -0.25) is 19.2 Å². The quantitative estimate of drug-likeness (QED) is 0.392. The highest BCUT2D eigenvalue weighted by atomic mass is 16.4. The highest BCUT2D eigenvalue weighted by molar-refractivity contribution is 5.68. The summed E-state index contributed by atoms with van der Waals surface area (Å²) in [6.45, 7) is 0. The summed E-state index contributed by atoms with van der Waals surface area (Å²) < 4.78 is 0. The van der Waals surface area contributed by atoms with Crippen LogP contribution in [0.3, 0.4) is 0 Å². The fourth-order valence-electron chi connectivity index (χ4n) is 1.10. The van der Waals surface area contributed by atoms with E-state index in [9.17, 15) is 19.2 Å². The lowest BCUT2D eigenvalue weighted by atomic mass is 10.2. The molecule has 0 fully saturated rings. The molecule has 0 aliphatic carbocycles. The fourth-order valence-corrected chi connectivity index (χ4v) is 1.10. The lowest BCUT2D eigenvalue weighted by Crippen LogP contribution is -1.97. The summed E-state index contributed by atoms with van der Waals surface area (Å²) in [7, 11) is 0. The molecular formula is C12H24O10. The van der Waals surface area contributed by atoms with E-state index in [4.69, 9.17) is 20.4 Å². The molecule has 0 unspecified atom stereocenters. The lowest BCUT2D eigenvalue weighted by molar-refractivity contribution is -0.139. The van der Waals surface area contributed by atoms with Crippen molar-refractivity contribution in [2.75, 3.05) is 0 Å². The summed E-state index contributed by atoms with van der Waals surface area (Å²) in [6, 6.07) is 0. The summed E-state index contributed by atoms with van der Waals surface area (Å²) in [5, 5.41) is 32.5. The average Bonchev–Trinajstić information content (AvgIpc) is 2.30. The minimum Gasteiger partial charge on any atom is -0.481 e. The van der Waals surface area contributed by atoms with Gasteiger partial charge in [0.1, 0.15) is 0 Å². The van der Waals surface area contributed by atoms with E-state index >= 15 is 0 Å². The smallest absolute Gasteiger partial charge is 0.303 e. The number of aliphatic carboxylic acids is 4. The molecule has 0 spiro atoms. The van der Waals surface area contributed by atoms with Crippen molar-refractivity contribution in [2.24, 2.45) is 0 Å². The Hall–Kier alpha value is -2.20. The van der Waals surface area contributed by atoms with E-state index in [0.717, 1.165) is 0 Å². The maximum Gasteiger partial charge on any atom is 0.303 e. The molecule has 132 valence electrons. The maximum atomic E-state index is 9.90. The van der Waals surface area contributed by atoms with Gasteiger partial charge in [0, 0.05) is 25.7 Å². The summed E-state index contributed by atoms with van der Waals surface area (Å²) in [4.78, 5) is 39.6. The van der Waals surface area contributed by atoms with Gasteiger partial charge in [0.25, 0.3) is 0 Å². The van der Waals surface area contributed by atoms with Crippen molar-refractivity contribution < 1.29 is 50.6 Å². The molecule has 0 saturated heterocycles. The van der Waals surface area contributed by atoms with Crippen LogP contribution in [-0.2, 0) is 19.2 Å². The van der Waals surface area contributed by atoms with Gasteiger partial charge < -0.3 is 31.4 Å². The standard InChI is InChI=1S/2C6H10O4.2H2O/c2*7-5(8)3-1-2-4-6(9)10;;/h2*1-4H2,(H,7,8)(H,9,10);2*1H2. The van der Waals surface area contributed by atoms with Gasteiger partial charge in [-0.1, -0.05) is 0 Å². The third kappa shape index (κ3) is 36.1.